The van der Waals surface area contributed by atoms with Crippen molar-refractivity contribution in [3.05, 3.63) is 90.5 Å². The van der Waals surface area contributed by atoms with Gasteiger partial charge >= 0.3 is 5.97 Å². The SMILES string of the molecule is COC(=O)[C@]12CCC=C[C@@H]1CN(S(=O)(=O)c1ccccc1)[C@H]2c1cccc2ccccc12. The second-order valence-corrected chi connectivity index (χ2v) is 10.4. The van der Waals surface area contributed by atoms with E-state index in [0.717, 1.165) is 16.3 Å². The van der Waals surface area contributed by atoms with Gasteiger partial charge in [0.2, 0.25) is 10.0 Å². The predicted octanol–water partition coefficient (Wildman–Crippen LogP) is 4.71. The minimum atomic E-state index is -3.85. The van der Waals surface area contributed by atoms with E-state index in [0.29, 0.717) is 12.8 Å². The third-order valence-electron chi connectivity index (χ3n) is 6.94. The molecule has 0 radical (unpaired) electrons. The van der Waals surface area contributed by atoms with Crippen molar-refractivity contribution in [1.29, 1.82) is 0 Å². The molecule has 0 saturated carbocycles. The molecule has 1 saturated heterocycles. The molecule has 0 unspecified atom stereocenters. The lowest BCUT2D eigenvalue weighted by Gasteiger charge is -2.39. The maximum atomic E-state index is 13.9. The zero-order valence-electron chi connectivity index (χ0n) is 17.8. The number of ether oxygens (including phenoxy) is 1. The van der Waals surface area contributed by atoms with Gasteiger partial charge in [-0.15, -0.1) is 0 Å². The van der Waals surface area contributed by atoms with E-state index in [-0.39, 0.29) is 23.3 Å². The van der Waals surface area contributed by atoms with E-state index in [2.05, 4.69) is 0 Å². The Hall–Kier alpha value is -2.96. The average Bonchev–Trinajstić information content (AvgIpc) is 3.20. The van der Waals surface area contributed by atoms with Crippen LogP contribution in [0.25, 0.3) is 10.8 Å². The fraction of sp³-hybridized carbons (Fsp3) is 0.269. The zero-order valence-corrected chi connectivity index (χ0v) is 18.7. The summed E-state index contributed by atoms with van der Waals surface area (Å²) in [5.74, 6) is -0.610. The minimum absolute atomic E-state index is 0.230. The van der Waals surface area contributed by atoms with Crippen LogP contribution in [0.1, 0.15) is 24.4 Å². The number of esters is 1. The van der Waals surface area contributed by atoms with Crippen molar-refractivity contribution in [3.8, 4) is 0 Å². The van der Waals surface area contributed by atoms with Crippen molar-refractivity contribution < 1.29 is 17.9 Å². The first-order chi connectivity index (χ1) is 15.5. The molecule has 1 fully saturated rings. The standard InChI is InChI=1S/C26H25NO4S/c1-31-25(28)26-17-8-7-12-20(26)18-27(32(29,30)21-13-3-2-4-14-21)24(26)23-16-9-11-19-10-5-6-15-22(19)23/h2-7,9-16,20,24H,8,17-18H2,1H3/t20-,24+,26-/m1/s1. The van der Waals surface area contributed by atoms with E-state index < -0.39 is 21.5 Å². The van der Waals surface area contributed by atoms with Gasteiger partial charge in [0.1, 0.15) is 0 Å². The molecule has 3 aromatic carbocycles. The van der Waals surface area contributed by atoms with Crippen molar-refractivity contribution in [2.75, 3.05) is 13.7 Å². The predicted molar refractivity (Wildman–Crippen MR) is 123 cm³/mol. The highest BCUT2D eigenvalue weighted by Crippen LogP contribution is 2.58. The number of allylic oxidation sites excluding steroid dienone is 1. The lowest BCUT2D eigenvalue weighted by atomic mass is 9.65. The summed E-state index contributed by atoms with van der Waals surface area (Å²) in [5, 5.41) is 1.96. The molecule has 0 amide bonds. The number of rotatable bonds is 4. The van der Waals surface area contributed by atoms with E-state index >= 15 is 0 Å². The first kappa shape index (κ1) is 20.9. The molecule has 5 rings (SSSR count). The Morgan fingerprint density at radius 3 is 2.50 bits per heavy atom. The van der Waals surface area contributed by atoms with Crippen molar-refractivity contribution in [2.45, 2.75) is 23.8 Å². The van der Waals surface area contributed by atoms with Gasteiger partial charge in [-0.05, 0) is 41.3 Å². The number of benzene rings is 3. The largest absolute Gasteiger partial charge is 0.469 e. The number of methoxy groups -OCH3 is 1. The van der Waals surface area contributed by atoms with E-state index in [1.54, 1.807) is 30.3 Å². The monoisotopic (exact) mass is 447 g/mol. The molecule has 5 nitrogen and oxygen atoms in total. The summed E-state index contributed by atoms with van der Waals surface area (Å²) in [6, 6.07) is 21.6. The van der Waals surface area contributed by atoms with E-state index in [9.17, 15) is 13.2 Å². The Kier molecular flexibility index (Phi) is 5.14. The molecular formula is C26H25NO4S. The van der Waals surface area contributed by atoms with Crippen molar-refractivity contribution >= 4 is 26.8 Å². The van der Waals surface area contributed by atoms with Gasteiger partial charge in [-0.1, -0.05) is 72.8 Å². The fourth-order valence-electron chi connectivity index (χ4n) is 5.50. The normalized spacial score (nSPS) is 25.5. The number of nitrogens with zero attached hydrogens (tertiary/aromatic N) is 1. The van der Waals surface area contributed by atoms with Gasteiger partial charge in [0.15, 0.2) is 0 Å². The van der Waals surface area contributed by atoms with E-state index in [4.69, 9.17) is 4.74 Å². The Morgan fingerprint density at radius 2 is 1.72 bits per heavy atom. The quantitative estimate of drug-likeness (QED) is 0.429. The van der Waals surface area contributed by atoms with Crippen molar-refractivity contribution in [3.63, 3.8) is 0 Å². The third kappa shape index (κ3) is 3.01. The smallest absolute Gasteiger partial charge is 0.314 e. The molecule has 164 valence electrons. The third-order valence-corrected chi connectivity index (χ3v) is 8.79. The fourth-order valence-corrected chi connectivity index (χ4v) is 7.21. The molecule has 0 spiro atoms. The van der Waals surface area contributed by atoms with Crippen LogP contribution in [0.3, 0.4) is 0 Å². The average molecular weight is 448 g/mol. The van der Waals surface area contributed by atoms with Gasteiger partial charge < -0.3 is 4.74 Å². The van der Waals surface area contributed by atoms with Crippen molar-refractivity contribution in [2.24, 2.45) is 11.3 Å². The van der Waals surface area contributed by atoms with Gasteiger partial charge in [0.25, 0.3) is 0 Å². The molecule has 2 aliphatic rings. The van der Waals surface area contributed by atoms with Crippen molar-refractivity contribution in [1.82, 2.24) is 4.31 Å². The van der Waals surface area contributed by atoms with Gasteiger partial charge in [0, 0.05) is 12.5 Å². The maximum Gasteiger partial charge on any atom is 0.314 e. The van der Waals surface area contributed by atoms with E-state index in [1.165, 1.54) is 11.4 Å². The van der Waals surface area contributed by atoms with Crippen LogP contribution in [-0.4, -0.2) is 32.3 Å². The molecule has 32 heavy (non-hydrogen) atoms. The highest BCUT2D eigenvalue weighted by Gasteiger charge is 2.62. The Balaban J connectivity index is 1.79. The molecule has 0 aromatic heterocycles. The first-order valence-corrected chi connectivity index (χ1v) is 12.2. The van der Waals surface area contributed by atoms with Crippen LogP contribution < -0.4 is 0 Å². The summed E-state index contributed by atoms with van der Waals surface area (Å²) in [6.07, 6.45) is 5.28. The number of carbonyl (C=O) groups is 1. The summed E-state index contributed by atoms with van der Waals surface area (Å²) in [7, 11) is -2.46. The molecule has 1 aliphatic carbocycles. The number of hydrogen-bond donors (Lipinski definition) is 0. The first-order valence-electron chi connectivity index (χ1n) is 10.8. The highest BCUT2D eigenvalue weighted by atomic mass is 32.2. The Labute approximate surface area is 188 Å². The summed E-state index contributed by atoms with van der Waals surface area (Å²) < 4.78 is 34.7. The summed E-state index contributed by atoms with van der Waals surface area (Å²) in [6.45, 7) is 0.233. The highest BCUT2D eigenvalue weighted by molar-refractivity contribution is 7.89. The molecule has 6 heteroatoms. The lowest BCUT2D eigenvalue weighted by Crippen LogP contribution is -2.44. The van der Waals surface area contributed by atoms with Crippen LogP contribution in [0.15, 0.2) is 89.8 Å². The minimum Gasteiger partial charge on any atom is -0.469 e. The number of fused-ring (bicyclic) bond motifs is 2. The van der Waals surface area contributed by atoms with Crippen LogP contribution >= 0.6 is 0 Å². The van der Waals surface area contributed by atoms with Crippen LogP contribution in [-0.2, 0) is 19.6 Å². The Bertz CT molecular complexity index is 1300. The molecule has 0 bridgehead atoms. The van der Waals surface area contributed by atoms with Crippen LogP contribution in [0.5, 0.6) is 0 Å². The van der Waals surface area contributed by atoms with Crippen LogP contribution in [0, 0.1) is 11.3 Å². The van der Waals surface area contributed by atoms with Gasteiger partial charge in [-0.2, -0.15) is 4.31 Å². The molecule has 3 atom stereocenters. The van der Waals surface area contributed by atoms with Crippen LogP contribution in [0.2, 0.25) is 0 Å². The number of carbonyl (C=O) groups excluding carboxylic acids is 1. The lowest BCUT2D eigenvalue weighted by molar-refractivity contribution is -0.156. The molecule has 1 heterocycles. The van der Waals surface area contributed by atoms with Gasteiger partial charge in [-0.3, -0.25) is 4.79 Å². The topological polar surface area (TPSA) is 63.7 Å². The molecule has 0 N–H and O–H groups in total. The molecule has 1 aliphatic heterocycles. The zero-order chi connectivity index (χ0) is 22.3. The maximum absolute atomic E-state index is 13.9. The van der Waals surface area contributed by atoms with Gasteiger partial charge in [-0.25, -0.2) is 8.42 Å². The van der Waals surface area contributed by atoms with Crippen LogP contribution in [0.4, 0.5) is 0 Å². The Morgan fingerprint density at radius 1 is 1.00 bits per heavy atom. The summed E-state index contributed by atoms with van der Waals surface area (Å²) in [4.78, 5) is 13.7. The van der Waals surface area contributed by atoms with E-state index in [1.807, 2.05) is 54.6 Å². The number of hydrogen-bond acceptors (Lipinski definition) is 4. The molecule has 3 aromatic rings. The number of sulfonamides is 1. The second kappa shape index (κ2) is 7.87. The van der Waals surface area contributed by atoms with Gasteiger partial charge in [0.05, 0.1) is 23.5 Å². The second-order valence-electron chi connectivity index (χ2n) is 8.46. The summed E-state index contributed by atoms with van der Waals surface area (Å²) >= 11 is 0. The summed E-state index contributed by atoms with van der Waals surface area (Å²) in [5.41, 5.74) is -0.138. The molecular weight excluding hydrogens is 422 g/mol.